The molecule has 12 heavy (non-hydrogen) atoms. The second-order valence-corrected chi connectivity index (χ2v) is 2.90. The van der Waals surface area contributed by atoms with Gasteiger partial charge in [-0.05, 0) is 12.1 Å². The van der Waals surface area contributed by atoms with Gasteiger partial charge in [0, 0.05) is 6.20 Å². The van der Waals surface area contributed by atoms with E-state index < -0.39 is 17.0 Å². The molecule has 1 unspecified atom stereocenters. The zero-order valence-corrected chi connectivity index (χ0v) is 6.61. The van der Waals surface area contributed by atoms with Crippen LogP contribution in [0.5, 0.6) is 0 Å². The Hall–Kier alpha value is -1.27. The Kier molecular flexibility index (Phi) is 2.51. The molecule has 0 aliphatic heterocycles. The first-order valence-corrected chi connectivity index (χ1v) is 4.02. The van der Waals surface area contributed by atoms with Crippen molar-refractivity contribution in [3.63, 3.8) is 0 Å². The highest BCUT2D eigenvalue weighted by molar-refractivity contribution is 7.79. The topological polar surface area (TPSA) is 87.5 Å². The molecule has 1 heterocycles. The van der Waals surface area contributed by atoms with Crippen molar-refractivity contribution in [2.45, 2.75) is 4.90 Å². The van der Waals surface area contributed by atoms with Crippen LogP contribution in [0.4, 0.5) is 0 Å². The molecule has 0 fully saturated rings. The quantitative estimate of drug-likeness (QED) is 0.652. The summed E-state index contributed by atoms with van der Waals surface area (Å²) in [6, 6.07) is 2.33. The van der Waals surface area contributed by atoms with Crippen molar-refractivity contribution < 1.29 is 18.7 Å². The smallest absolute Gasteiger partial charge is 0.354 e. The molecule has 0 amide bonds. The van der Waals surface area contributed by atoms with E-state index >= 15 is 0 Å². The molecule has 0 spiro atoms. The summed E-state index contributed by atoms with van der Waals surface area (Å²) in [6.07, 6.45) is 1.17. The summed E-state index contributed by atoms with van der Waals surface area (Å²) in [5, 5.41) is 8.45. The fourth-order valence-corrected chi connectivity index (χ4v) is 1.03. The van der Waals surface area contributed by atoms with Gasteiger partial charge in [-0.25, -0.2) is 14.0 Å². The van der Waals surface area contributed by atoms with Gasteiger partial charge in [-0.2, -0.15) is 0 Å². The van der Waals surface area contributed by atoms with Crippen LogP contribution in [0.25, 0.3) is 0 Å². The van der Waals surface area contributed by atoms with Gasteiger partial charge in [-0.15, -0.1) is 0 Å². The molecule has 5 nitrogen and oxygen atoms in total. The predicted octanol–water partition coefficient (Wildman–Crippen LogP) is 0.360. The third-order valence-corrected chi connectivity index (χ3v) is 1.81. The lowest BCUT2D eigenvalue weighted by atomic mass is 10.4. The lowest BCUT2D eigenvalue weighted by molar-refractivity contribution is 0.0690. The normalized spacial score (nSPS) is 12.4. The highest BCUT2D eigenvalue weighted by Crippen LogP contribution is 2.04. The Bertz CT molecular complexity index is 309. The van der Waals surface area contributed by atoms with E-state index in [1.807, 2.05) is 0 Å². The third-order valence-electron chi connectivity index (χ3n) is 1.15. The van der Waals surface area contributed by atoms with Gasteiger partial charge in [0.25, 0.3) is 0 Å². The summed E-state index contributed by atoms with van der Waals surface area (Å²) in [7, 11) is 0. The molecule has 2 N–H and O–H groups in total. The maximum Gasteiger partial charge on any atom is 0.354 e. The summed E-state index contributed by atoms with van der Waals surface area (Å²) >= 11 is -2.16. The molecule has 0 aliphatic rings. The number of rotatable bonds is 2. The molecular weight excluding hydrogens is 182 g/mol. The molecule has 0 saturated heterocycles. The molecule has 1 aromatic heterocycles. The van der Waals surface area contributed by atoms with E-state index in [1.165, 1.54) is 12.3 Å². The van der Waals surface area contributed by atoms with Crippen molar-refractivity contribution in [1.29, 1.82) is 0 Å². The highest BCUT2D eigenvalue weighted by atomic mass is 32.2. The first-order valence-electron chi connectivity index (χ1n) is 2.91. The molecule has 0 aromatic carbocycles. The van der Waals surface area contributed by atoms with Gasteiger partial charge in [0.15, 0.2) is 11.1 Å². The molecule has 1 rings (SSSR count). The van der Waals surface area contributed by atoms with Gasteiger partial charge in [0.05, 0.1) is 4.90 Å². The van der Waals surface area contributed by atoms with Crippen LogP contribution < -0.4 is 0 Å². The van der Waals surface area contributed by atoms with Crippen LogP contribution in [0, 0.1) is 0 Å². The summed E-state index contributed by atoms with van der Waals surface area (Å²) < 4.78 is 19.0. The van der Waals surface area contributed by atoms with Crippen molar-refractivity contribution in [2.24, 2.45) is 0 Å². The number of hydrogen-bond acceptors (Lipinski definition) is 3. The fourth-order valence-electron chi connectivity index (χ4n) is 0.637. The number of aromatic nitrogens is 1. The van der Waals surface area contributed by atoms with Crippen molar-refractivity contribution in [3.8, 4) is 0 Å². The first kappa shape index (κ1) is 8.82. The van der Waals surface area contributed by atoms with Crippen LogP contribution in [0.2, 0.25) is 0 Å². The van der Waals surface area contributed by atoms with Gasteiger partial charge in [0.2, 0.25) is 0 Å². The van der Waals surface area contributed by atoms with Gasteiger partial charge >= 0.3 is 5.97 Å². The number of aromatic carboxylic acids is 1. The number of carboxylic acids is 1. The standard InChI is InChI=1S/C6H5NO4S/c8-6(9)5-3-4(12(10)11)1-2-7-5/h1-3H,(H,8,9)(H,10,11). The Morgan fingerprint density at radius 1 is 1.58 bits per heavy atom. The number of carboxylic acid groups (broad SMARTS) is 1. The van der Waals surface area contributed by atoms with E-state index in [9.17, 15) is 9.00 Å². The molecule has 64 valence electrons. The number of carbonyl (C=O) groups is 1. The first-order chi connectivity index (χ1) is 5.61. The van der Waals surface area contributed by atoms with Crippen LogP contribution in [0.1, 0.15) is 10.5 Å². The fraction of sp³-hybridized carbons (Fsp3) is 0. The summed E-state index contributed by atoms with van der Waals surface area (Å²) in [5.74, 6) is -1.22. The third kappa shape index (κ3) is 1.86. The minimum atomic E-state index is -2.16. The maximum absolute atomic E-state index is 10.5. The second-order valence-electron chi connectivity index (χ2n) is 1.93. The Balaban J connectivity index is 3.12. The Labute approximate surface area is 70.3 Å². The SMILES string of the molecule is O=C(O)c1cc(S(=O)O)ccn1. The zero-order chi connectivity index (χ0) is 9.14. The molecule has 1 atom stereocenters. The molecule has 0 bridgehead atoms. The van der Waals surface area contributed by atoms with Crippen molar-refractivity contribution in [2.75, 3.05) is 0 Å². The van der Waals surface area contributed by atoms with Crippen molar-refractivity contribution in [1.82, 2.24) is 4.98 Å². The van der Waals surface area contributed by atoms with Gasteiger partial charge in [-0.1, -0.05) is 0 Å². The largest absolute Gasteiger partial charge is 0.477 e. The van der Waals surface area contributed by atoms with Crippen LogP contribution in [-0.4, -0.2) is 24.8 Å². The van der Waals surface area contributed by atoms with Crippen LogP contribution in [0.3, 0.4) is 0 Å². The highest BCUT2D eigenvalue weighted by Gasteiger charge is 2.07. The molecule has 1 aromatic rings. The lowest BCUT2D eigenvalue weighted by Gasteiger charge is -1.95. The minimum absolute atomic E-state index is 0.0300. The molecule has 0 saturated carbocycles. The number of nitrogens with zero attached hydrogens (tertiary/aromatic N) is 1. The van der Waals surface area contributed by atoms with Crippen LogP contribution >= 0.6 is 0 Å². The second kappa shape index (κ2) is 3.42. The molecular formula is C6H5NO4S. The van der Waals surface area contributed by atoms with E-state index in [-0.39, 0.29) is 10.6 Å². The van der Waals surface area contributed by atoms with E-state index in [1.54, 1.807) is 0 Å². The van der Waals surface area contributed by atoms with E-state index in [0.29, 0.717) is 0 Å². The van der Waals surface area contributed by atoms with Crippen molar-refractivity contribution >= 4 is 17.0 Å². The van der Waals surface area contributed by atoms with Gasteiger partial charge < -0.3 is 9.66 Å². The summed E-state index contributed by atoms with van der Waals surface area (Å²) in [5.41, 5.74) is -0.241. The van der Waals surface area contributed by atoms with Crippen LogP contribution in [0.15, 0.2) is 23.2 Å². The summed E-state index contributed by atoms with van der Waals surface area (Å²) in [4.78, 5) is 13.8. The van der Waals surface area contributed by atoms with Crippen LogP contribution in [-0.2, 0) is 11.1 Å². The van der Waals surface area contributed by atoms with Gasteiger partial charge in [-0.3, -0.25) is 0 Å². The van der Waals surface area contributed by atoms with Gasteiger partial charge in [0.1, 0.15) is 5.69 Å². The maximum atomic E-state index is 10.5. The number of pyridine rings is 1. The predicted molar refractivity (Wildman–Crippen MR) is 40.2 cm³/mol. The average Bonchev–Trinajstić information content (AvgIpc) is 2.04. The molecule has 0 radical (unpaired) electrons. The molecule has 6 heteroatoms. The molecule has 0 aliphatic carbocycles. The van der Waals surface area contributed by atoms with E-state index in [0.717, 1.165) is 6.07 Å². The van der Waals surface area contributed by atoms with Crippen molar-refractivity contribution in [3.05, 3.63) is 24.0 Å². The summed E-state index contributed by atoms with van der Waals surface area (Å²) in [6.45, 7) is 0. The van der Waals surface area contributed by atoms with E-state index in [4.69, 9.17) is 9.66 Å². The van der Waals surface area contributed by atoms with E-state index in [2.05, 4.69) is 4.98 Å². The monoisotopic (exact) mass is 187 g/mol. The Morgan fingerprint density at radius 3 is 2.75 bits per heavy atom. The minimum Gasteiger partial charge on any atom is -0.477 e. The zero-order valence-electron chi connectivity index (χ0n) is 5.80. The number of hydrogen-bond donors (Lipinski definition) is 2. The Morgan fingerprint density at radius 2 is 2.25 bits per heavy atom. The average molecular weight is 187 g/mol. The lowest BCUT2D eigenvalue weighted by Crippen LogP contribution is -2.01.